The molecule has 2 rings (SSSR count). The van der Waals surface area contributed by atoms with Crippen LogP contribution in [-0.4, -0.2) is 9.97 Å². The molecule has 1 aromatic heterocycles. The highest BCUT2D eigenvalue weighted by atomic mass is 35.5. The van der Waals surface area contributed by atoms with Gasteiger partial charge in [-0.15, -0.1) is 0 Å². The van der Waals surface area contributed by atoms with E-state index in [1.807, 2.05) is 31.2 Å². The van der Waals surface area contributed by atoms with Gasteiger partial charge < -0.3 is 5.73 Å². The quantitative estimate of drug-likeness (QED) is 0.802. The van der Waals surface area contributed by atoms with Gasteiger partial charge >= 0.3 is 0 Å². The Bertz CT molecular complexity index is 497. The van der Waals surface area contributed by atoms with E-state index in [-0.39, 0.29) is 5.95 Å². The molecule has 3 nitrogen and oxygen atoms in total. The topological polar surface area (TPSA) is 51.8 Å². The lowest BCUT2D eigenvalue weighted by Crippen LogP contribution is -1.95. The molecule has 2 aromatic rings. The molecular weight excluding hydrogens is 210 g/mol. The fourth-order valence-corrected chi connectivity index (χ4v) is 1.46. The SMILES string of the molecule is Cc1cc(-c2ccnc(N)n2)ccc1Cl. The van der Waals surface area contributed by atoms with Crippen molar-refractivity contribution in [2.75, 3.05) is 5.73 Å². The van der Waals surface area contributed by atoms with Crippen molar-refractivity contribution in [3.8, 4) is 11.3 Å². The Morgan fingerprint density at radius 1 is 1.27 bits per heavy atom. The summed E-state index contributed by atoms with van der Waals surface area (Å²) in [4.78, 5) is 7.98. The Morgan fingerprint density at radius 2 is 2.07 bits per heavy atom. The molecule has 0 aliphatic carbocycles. The molecule has 2 N–H and O–H groups in total. The predicted octanol–water partition coefficient (Wildman–Crippen LogP) is 2.69. The summed E-state index contributed by atoms with van der Waals surface area (Å²) in [6.07, 6.45) is 1.64. The van der Waals surface area contributed by atoms with Crippen LogP contribution in [0, 0.1) is 6.92 Å². The molecule has 0 radical (unpaired) electrons. The summed E-state index contributed by atoms with van der Waals surface area (Å²) in [5.41, 5.74) is 8.33. The van der Waals surface area contributed by atoms with Crippen LogP contribution in [0.1, 0.15) is 5.56 Å². The van der Waals surface area contributed by atoms with Crippen LogP contribution in [0.15, 0.2) is 30.5 Å². The van der Waals surface area contributed by atoms with Crippen molar-refractivity contribution >= 4 is 17.5 Å². The molecule has 0 aliphatic rings. The van der Waals surface area contributed by atoms with E-state index in [0.29, 0.717) is 0 Å². The number of aryl methyl sites for hydroxylation is 1. The van der Waals surface area contributed by atoms with Gasteiger partial charge in [0.2, 0.25) is 5.95 Å². The zero-order chi connectivity index (χ0) is 10.8. The highest BCUT2D eigenvalue weighted by Gasteiger charge is 2.02. The number of hydrogen-bond donors (Lipinski definition) is 1. The van der Waals surface area contributed by atoms with E-state index in [0.717, 1.165) is 21.8 Å². The number of benzene rings is 1. The number of nitrogens with zero attached hydrogens (tertiary/aromatic N) is 2. The Kier molecular flexibility index (Phi) is 2.56. The fourth-order valence-electron chi connectivity index (χ4n) is 1.34. The molecule has 0 bridgehead atoms. The predicted molar refractivity (Wildman–Crippen MR) is 61.6 cm³/mol. The maximum absolute atomic E-state index is 5.94. The van der Waals surface area contributed by atoms with Crippen LogP contribution >= 0.6 is 11.6 Å². The molecule has 1 heterocycles. The number of hydrogen-bond acceptors (Lipinski definition) is 3. The number of anilines is 1. The zero-order valence-corrected chi connectivity index (χ0v) is 8.99. The van der Waals surface area contributed by atoms with Crippen molar-refractivity contribution in [2.45, 2.75) is 6.92 Å². The summed E-state index contributed by atoms with van der Waals surface area (Å²) >= 11 is 5.94. The minimum Gasteiger partial charge on any atom is -0.368 e. The number of halogens is 1. The normalized spacial score (nSPS) is 10.3. The maximum atomic E-state index is 5.94. The average Bonchev–Trinajstić information content (AvgIpc) is 2.22. The van der Waals surface area contributed by atoms with Crippen LogP contribution in [0.4, 0.5) is 5.95 Å². The smallest absolute Gasteiger partial charge is 0.220 e. The van der Waals surface area contributed by atoms with Crippen molar-refractivity contribution in [1.29, 1.82) is 0 Å². The summed E-state index contributed by atoms with van der Waals surface area (Å²) in [6.45, 7) is 1.95. The Labute approximate surface area is 92.9 Å². The molecule has 1 aromatic carbocycles. The van der Waals surface area contributed by atoms with Gasteiger partial charge in [-0.3, -0.25) is 0 Å². The van der Waals surface area contributed by atoms with E-state index in [9.17, 15) is 0 Å². The Hall–Kier alpha value is -1.61. The third-order valence-electron chi connectivity index (χ3n) is 2.13. The van der Waals surface area contributed by atoms with Crippen LogP contribution in [-0.2, 0) is 0 Å². The minimum atomic E-state index is 0.278. The van der Waals surface area contributed by atoms with Crippen LogP contribution in [0.2, 0.25) is 5.02 Å². The zero-order valence-electron chi connectivity index (χ0n) is 8.24. The lowest BCUT2D eigenvalue weighted by molar-refractivity contribution is 1.19. The van der Waals surface area contributed by atoms with Crippen LogP contribution < -0.4 is 5.73 Å². The first-order valence-corrected chi connectivity index (χ1v) is 4.89. The van der Waals surface area contributed by atoms with Gasteiger partial charge in [-0.05, 0) is 30.7 Å². The minimum absolute atomic E-state index is 0.278. The van der Waals surface area contributed by atoms with Gasteiger partial charge in [0.15, 0.2) is 0 Å². The van der Waals surface area contributed by atoms with Gasteiger partial charge in [0.05, 0.1) is 5.69 Å². The van der Waals surface area contributed by atoms with Crippen LogP contribution in [0.5, 0.6) is 0 Å². The lowest BCUT2D eigenvalue weighted by atomic mass is 10.1. The summed E-state index contributed by atoms with van der Waals surface area (Å²) in [5.74, 6) is 0.278. The molecule has 0 aliphatic heterocycles. The monoisotopic (exact) mass is 219 g/mol. The molecule has 15 heavy (non-hydrogen) atoms. The number of nitrogen functional groups attached to an aromatic ring is 1. The molecule has 4 heteroatoms. The molecule has 0 saturated heterocycles. The first-order valence-electron chi connectivity index (χ1n) is 4.52. The van der Waals surface area contributed by atoms with Crippen molar-refractivity contribution in [1.82, 2.24) is 9.97 Å². The number of rotatable bonds is 1. The molecular formula is C11H10ClN3. The molecule has 0 fully saturated rings. The van der Waals surface area contributed by atoms with Gasteiger partial charge in [-0.1, -0.05) is 17.7 Å². The first kappa shape index (κ1) is 9.93. The van der Waals surface area contributed by atoms with Crippen LogP contribution in [0.25, 0.3) is 11.3 Å². The van der Waals surface area contributed by atoms with E-state index in [1.165, 1.54) is 0 Å². The van der Waals surface area contributed by atoms with Gasteiger partial charge in [0.1, 0.15) is 0 Å². The first-order chi connectivity index (χ1) is 7.16. The second kappa shape index (κ2) is 3.87. The highest BCUT2D eigenvalue weighted by molar-refractivity contribution is 6.31. The lowest BCUT2D eigenvalue weighted by Gasteiger charge is -2.03. The number of nitrogens with two attached hydrogens (primary N) is 1. The Morgan fingerprint density at radius 3 is 2.73 bits per heavy atom. The van der Waals surface area contributed by atoms with Crippen molar-refractivity contribution in [2.24, 2.45) is 0 Å². The summed E-state index contributed by atoms with van der Waals surface area (Å²) in [5, 5.41) is 0.751. The molecule has 0 atom stereocenters. The van der Waals surface area contributed by atoms with E-state index in [1.54, 1.807) is 6.20 Å². The van der Waals surface area contributed by atoms with Gasteiger partial charge in [0.25, 0.3) is 0 Å². The highest BCUT2D eigenvalue weighted by Crippen LogP contribution is 2.23. The fraction of sp³-hybridized carbons (Fsp3) is 0.0909. The van der Waals surface area contributed by atoms with Crippen molar-refractivity contribution < 1.29 is 0 Å². The Balaban J connectivity index is 2.50. The molecule has 76 valence electrons. The van der Waals surface area contributed by atoms with E-state index in [4.69, 9.17) is 17.3 Å². The largest absolute Gasteiger partial charge is 0.368 e. The second-order valence-electron chi connectivity index (χ2n) is 3.26. The summed E-state index contributed by atoms with van der Waals surface area (Å²) < 4.78 is 0. The summed E-state index contributed by atoms with van der Waals surface area (Å²) in [7, 11) is 0. The molecule has 0 amide bonds. The second-order valence-corrected chi connectivity index (χ2v) is 3.67. The molecule has 0 unspecified atom stereocenters. The maximum Gasteiger partial charge on any atom is 0.220 e. The summed E-state index contributed by atoms with van der Waals surface area (Å²) in [6, 6.07) is 7.56. The third-order valence-corrected chi connectivity index (χ3v) is 2.55. The van der Waals surface area contributed by atoms with Crippen LogP contribution in [0.3, 0.4) is 0 Å². The van der Waals surface area contributed by atoms with E-state index in [2.05, 4.69) is 9.97 Å². The van der Waals surface area contributed by atoms with Crippen molar-refractivity contribution in [3.05, 3.63) is 41.0 Å². The average molecular weight is 220 g/mol. The van der Waals surface area contributed by atoms with E-state index < -0.39 is 0 Å². The number of aromatic nitrogens is 2. The molecule has 0 saturated carbocycles. The molecule has 0 spiro atoms. The van der Waals surface area contributed by atoms with Gasteiger partial charge in [-0.25, -0.2) is 9.97 Å². The van der Waals surface area contributed by atoms with E-state index >= 15 is 0 Å². The van der Waals surface area contributed by atoms with Gasteiger partial charge in [-0.2, -0.15) is 0 Å². The van der Waals surface area contributed by atoms with Crippen molar-refractivity contribution in [3.63, 3.8) is 0 Å². The third kappa shape index (κ3) is 2.07. The van der Waals surface area contributed by atoms with Gasteiger partial charge in [0, 0.05) is 16.8 Å². The standard InChI is InChI=1S/C11H10ClN3/c1-7-6-8(2-3-9(7)12)10-4-5-14-11(13)15-10/h2-6H,1H3,(H2,13,14,15).